The zero-order chi connectivity index (χ0) is 9.40. The summed E-state index contributed by atoms with van der Waals surface area (Å²) in [5.41, 5.74) is 0. The molecule has 0 aromatic heterocycles. The molecule has 0 saturated heterocycles. The van der Waals surface area contributed by atoms with E-state index < -0.39 is 12.4 Å². The summed E-state index contributed by atoms with van der Waals surface area (Å²) < 4.78 is 10.1. The van der Waals surface area contributed by atoms with Crippen molar-refractivity contribution >= 4 is 5.97 Å². The molecule has 0 radical (unpaired) electrons. The van der Waals surface area contributed by atoms with Crippen molar-refractivity contribution in [2.24, 2.45) is 0 Å². The molecule has 0 amide bonds. The minimum atomic E-state index is -0.931. The molecular weight excluding hydrogens is 162 g/mol. The molecule has 0 aliphatic carbocycles. The number of hydrogen-bond donors (Lipinski definition) is 2. The van der Waals surface area contributed by atoms with E-state index in [1.54, 1.807) is 0 Å². The summed E-state index contributed by atoms with van der Waals surface area (Å²) in [6.45, 7) is 4.43. The van der Waals surface area contributed by atoms with Crippen molar-refractivity contribution < 1.29 is 19.4 Å². The number of carboxylic acids is 1. The molecule has 0 rings (SSSR count). The average Bonchev–Trinajstić information content (AvgIpc) is 2.01. The molecule has 0 aromatic carbocycles. The van der Waals surface area contributed by atoms with Gasteiger partial charge < -0.3 is 14.6 Å². The highest BCUT2D eigenvalue weighted by Crippen LogP contribution is 1.89. The molecule has 0 unspecified atom stereocenters. The van der Waals surface area contributed by atoms with Crippen molar-refractivity contribution in [3.05, 3.63) is 0 Å². The van der Waals surface area contributed by atoms with Gasteiger partial charge in [-0.2, -0.15) is 0 Å². The van der Waals surface area contributed by atoms with Crippen LogP contribution in [0, 0.1) is 0 Å². The largest absolute Gasteiger partial charge is 0.480 e. The fourth-order valence-corrected chi connectivity index (χ4v) is 0.639. The third-order valence-corrected chi connectivity index (χ3v) is 1.06. The van der Waals surface area contributed by atoms with Crippen LogP contribution in [0.4, 0.5) is 0 Å². The Bertz CT molecular complexity index is 123. The molecule has 12 heavy (non-hydrogen) atoms. The van der Waals surface area contributed by atoms with Gasteiger partial charge in [0.05, 0.1) is 6.54 Å². The SMILES string of the molecule is CCOC(NCC(=O)O)OCC. The van der Waals surface area contributed by atoms with E-state index in [1.165, 1.54) is 0 Å². The van der Waals surface area contributed by atoms with Crippen LogP contribution < -0.4 is 5.32 Å². The smallest absolute Gasteiger partial charge is 0.317 e. The van der Waals surface area contributed by atoms with Crippen LogP contribution in [0.1, 0.15) is 13.8 Å². The highest BCUT2D eigenvalue weighted by Gasteiger charge is 2.07. The van der Waals surface area contributed by atoms with E-state index in [-0.39, 0.29) is 6.54 Å². The van der Waals surface area contributed by atoms with Gasteiger partial charge in [0.15, 0.2) is 0 Å². The Hall–Kier alpha value is -0.650. The van der Waals surface area contributed by atoms with Gasteiger partial charge in [-0.05, 0) is 13.8 Å². The Morgan fingerprint density at radius 2 is 1.92 bits per heavy atom. The summed E-state index contributed by atoms with van der Waals surface area (Å²) in [5.74, 6) is -0.931. The van der Waals surface area contributed by atoms with Crippen LogP contribution >= 0.6 is 0 Å². The predicted octanol–water partition coefficient (Wildman–Crippen LogP) is 0.0172. The fraction of sp³-hybridized carbons (Fsp3) is 0.857. The first-order chi connectivity index (χ1) is 5.70. The molecule has 2 N–H and O–H groups in total. The number of carbonyl (C=O) groups is 1. The topological polar surface area (TPSA) is 67.8 Å². The van der Waals surface area contributed by atoms with E-state index in [0.29, 0.717) is 13.2 Å². The first-order valence-electron chi connectivity index (χ1n) is 3.89. The number of aliphatic carboxylic acids is 1. The molecule has 0 heterocycles. The minimum Gasteiger partial charge on any atom is -0.480 e. The first-order valence-corrected chi connectivity index (χ1v) is 3.89. The van der Waals surface area contributed by atoms with Crippen LogP contribution in [0.3, 0.4) is 0 Å². The van der Waals surface area contributed by atoms with Crippen molar-refractivity contribution in [1.29, 1.82) is 0 Å². The molecule has 5 heteroatoms. The number of rotatable bonds is 7. The fourth-order valence-electron chi connectivity index (χ4n) is 0.639. The zero-order valence-corrected chi connectivity index (χ0v) is 7.37. The number of ether oxygens (including phenoxy) is 2. The van der Waals surface area contributed by atoms with Crippen molar-refractivity contribution in [3.63, 3.8) is 0 Å². The van der Waals surface area contributed by atoms with Crippen molar-refractivity contribution in [3.8, 4) is 0 Å². The lowest BCUT2D eigenvalue weighted by Crippen LogP contribution is -2.37. The molecule has 0 bridgehead atoms. The molecule has 0 aliphatic heterocycles. The van der Waals surface area contributed by atoms with Crippen LogP contribution in [0.15, 0.2) is 0 Å². The van der Waals surface area contributed by atoms with E-state index in [4.69, 9.17) is 14.6 Å². The third kappa shape index (κ3) is 6.09. The summed E-state index contributed by atoms with van der Waals surface area (Å²) in [6, 6.07) is 0. The molecule has 0 aliphatic rings. The van der Waals surface area contributed by atoms with Gasteiger partial charge in [-0.3, -0.25) is 10.1 Å². The van der Waals surface area contributed by atoms with Gasteiger partial charge in [-0.25, -0.2) is 0 Å². The lowest BCUT2D eigenvalue weighted by molar-refractivity contribution is -0.161. The normalized spacial score (nSPS) is 10.6. The van der Waals surface area contributed by atoms with Crippen LogP contribution in [0.25, 0.3) is 0 Å². The Morgan fingerprint density at radius 3 is 2.25 bits per heavy atom. The van der Waals surface area contributed by atoms with Crippen molar-refractivity contribution in [2.45, 2.75) is 20.3 Å². The van der Waals surface area contributed by atoms with Crippen LogP contribution in [-0.4, -0.2) is 37.2 Å². The quantitative estimate of drug-likeness (QED) is 0.536. The van der Waals surface area contributed by atoms with Gasteiger partial charge in [-0.1, -0.05) is 0 Å². The molecule has 0 spiro atoms. The monoisotopic (exact) mass is 177 g/mol. The number of carboxylic acid groups (broad SMARTS) is 1. The molecule has 0 saturated carbocycles. The lowest BCUT2D eigenvalue weighted by atomic mass is 10.6. The molecule has 0 fully saturated rings. The van der Waals surface area contributed by atoms with Crippen molar-refractivity contribution in [2.75, 3.05) is 19.8 Å². The van der Waals surface area contributed by atoms with Crippen molar-refractivity contribution in [1.82, 2.24) is 5.32 Å². The van der Waals surface area contributed by atoms with Gasteiger partial charge in [0, 0.05) is 13.2 Å². The van der Waals surface area contributed by atoms with Gasteiger partial charge in [0.1, 0.15) is 0 Å². The van der Waals surface area contributed by atoms with Gasteiger partial charge in [0.2, 0.25) is 6.41 Å². The summed E-state index contributed by atoms with van der Waals surface area (Å²) in [5, 5.41) is 10.9. The van der Waals surface area contributed by atoms with E-state index in [0.717, 1.165) is 0 Å². The van der Waals surface area contributed by atoms with Gasteiger partial charge in [0.25, 0.3) is 0 Å². The van der Waals surface area contributed by atoms with Gasteiger partial charge in [-0.15, -0.1) is 0 Å². The second kappa shape index (κ2) is 7.02. The van der Waals surface area contributed by atoms with Crippen LogP contribution in [0.2, 0.25) is 0 Å². The van der Waals surface area contributed by atoms with E-state index in [9.17, 15) is 4.79 Å². The Kier molecular flexibility index (Phi) is 6.64. The van der Waals surface area contributed by atoms with E-state index >= 15 is 0 Å². The van der Waals surface area contributed by atoms with E-state index in [1.807, 2.05) is 13.8 Å². The minimum absolute atomic E-state index is 0.162. The summed E-state index contributed by atoms with van der Waals surface area (Å²) >= 11 is 0. The van der Waals surface area contributed by atoms with Gasteiger partial charge >= 0.3 is 5.97 Å². The maximum atomic E-state index is 10.1. The standard InChI is InChI=1S/C7H15NO4/c1-3-11-7(12-4-2)8-5-6(9)10/h7-8H,3-5H2,1-2H3,(H,9,10). The number of nitrogens with one attached hydrogen (secondary N) is 1. The number of hydrogen-bond acceptors (Lipinski definition) is 4. The highest BCUT2D eigenvalue weighted by molar-refractivity contribution is 5.68. The zero-order valence-electron chi connectivity index (χ0n) is 7.37. The molecular formula is C7H15NO4. The van der Waals surface area contributed by atoms with Crippen LogP contribution in [0.5, 0.6) is 0 Å². The first kappa shape index (κ1) is 11.4. The Labute approximate surface area is 71.7 Å². The maximum Gasteiger partial charge on any atom is 0.317 e. The molecule has 0 atom stereocenters. The Morgan fingerprint density at radius 1 is 1.42 bits per heavy atom. The third-order valence-electron chi connectivity index (χ3n) is 1.06. The summed E-state index contributed by atoms with van der Waals surface area (Å²) in [7, 11) is 0. The molecule has 0 aromatic rings. The second-order valence-corrected chi connectivity index (χ2v) is 2.02. The molecule has 5 nitrogen and oxygen atoms in total. The predicted molar refractivity (Wildman–Crippen MR) is 42.7 cm³/mol. The summed E-state index contributed by atoms with van der Waals surface area (Å²) in [6.07, 6.45) is -0.615. The summed E-state index contributed by atoms with van der Waals surface area (Å²) in [4.78, 5) is 10.1. The molecule has 72 valence electrons. The Balaban J connectivity index is 3.54. The highest BCUT2D eigenvalue weighted by atomic mass is 16.7. The second-order valence-electron chi connectivity index (χ2n) is 2.02. The van der Waals surface area contributed by atoms with Crippen LogP contribution in [-0.2, 0) is 14.3 Å². The van der Waals surface area contributed by atoms with E-state index in [2.05, 4.69) is 5.32 Å². The maximum absolute atomic E-state index is 10.1. The lowest BCUT2D eigenvalue weighted by Gasteiger charge is -2.16. The average molecular weight is 177 g/mol.